The monoisotopic (exact) mass is 318 g/mol. The predicted molar refractivity (Wildman–Crippen MR) is 73.5 cm³/mol. The van der Waals surface area contributed by atoms with E-state index in [1.54, 1.807) is 6.92 Å². The molecule has 0 fully saturated rings. The van der Waals surface area contributed by atoms with Crippen molar-refractivity contribution in [2.75, 3.05) is 13.2 Å². The van der Waals surface area contributed by atoms with Gasteiger partial charge in [-0.05, 0) is 0 Å². The summed E-state index contributed by atoms with van der Waals surface area (Å²) in [6.45, 7) is 6.12. The highest BCUT2D eigenvalue weighted by Gasteiger charge is 2.32. The van der Waals surface area contributed by atoms with Gasteiger partial charge in [0.15, 0.2) is 0 Å². The molecule has 126 valence electrons. The van der Waals surface area contributed by atoms with E-state index in [0.29, 0.717) is 0 Å². The molecule has 0 aromatic heterocycles. The molecule has 0 saturated carbocycles. The van der Waals surface area contributed by atoms with E-state index in [1.807, 2.05) is 0 Å². The first kappa shape index (κ1) is 19.9. The number of ether oxygens (including phenoxy) is 4. The second-order valence-corrected chi connectivity index (χ2v) is 4.76. The smallest absolute Gasteiger partial charge is 0.303 e. The van der Waals surface area contributed by atoms with Crippen molar-refractivity contribution < 1.29 is 38.1 Å². The average molecular weight is 318 g/mol. The van der Waals surface area contributed by atoms with Crippen molar-refractivity contribution in [1.82, 2.24) is 0 Å². The highest BCUT2D eigenvalue weighted by Crippen LogP contribution is 2.17. The van der Waals surface area contributed by atoms with Crippen molar-refractivity contribution in [2.24, 2.45) is 5.92 Å². The number of rotatable bonds is 8. The first-order valence-electron chi connectivity index (χ1n) is 6.74. The molecule has 8 nitrogen and oxygen atoms in total. The zero-order chi connectivity index (χ0) is 17.3. The second kappa shape index (κ2) is 9.75. The van der Waals surface area contributed by atoms with Crippen LogP contribution in [0.25, 0.3) is 0 Å². The Bertz CT molecular complexity index is 379. The van der Waals surface area contributed by atoms with Crippen LogP contribution >= 0.6 is 0 Å². The Hall–Kier alpha value is -2.12. The first-order valence-corrected chi connectivity index (χ1v) is 6.74. The maximum absolute atomic E-state index is 11.2. The van der Waals surface area contributed by atoms with Gasteiger partial charge >= 0.3 is 23.9 Å². The van der Waals surface area contributed by atoms with Gasteiger partial charge in [0.2, 0.25) is 0 Å². The Kier molecular flexibility index (Phi) is 8.81. The third-order valence-corrected chi connectivity index (χ3v) is 2.71. The molecule has 0 aromatic carbocycles. The topological polar surface area (TPSA) is 105 Å². The molecule has 0 rings (SSSR count). The molecule has 0 saturated heterocycles. The lowest BCUT2D eigenvalue weighted by Gasteiger charge is -2.29. The van der Waals surface area contributed by atoms with Gasteiger partial charge in [-0.1, -0.05) is 6.92 Å². The molecule has 0 radical (unpaired) electrons. The van der Waals surface area contributed by atoms with E-state index in [4.69, 9.17) is 18.9 Å². The molecular weight excluding hydrogens is 296 g/mol. The third kappa shape index (κ3) is 8.93. The fourth-order valence-electron chi connectivity index (χ4n) is 1.65. The van der Waals surface area contributed by atoms with E-state index < -0.39 is 42.0 Å². The van der Waals surface area contributed by atoms with Crippen LogP contribution in [-0.2, 0) is 38.1 Å². The van der Waals surface area contributed by atoms with Crippen molar-refractivity contribution in [3.63, 3.8) is 0 Å². The number of carbonyl (C=O) groups is 4. The van der Waals surface area contributed by atoms with E-state index in [-0.39, 0.29) is 13.2 Å². The summed E-state index contributed by atoms with van der Waals surface area (Å²) in [7, 11) is 0. The van der Waals surface area contributed by atoms with E-state index in [2.05, 4.69) is 0 Å². The standard InChI is InChI=1S/C14H22O8/c1-8(13(21-11(4)17)6-19-9(2)15)14(22-12(5)18)7-20-10(3)16/h8,13-14H,6-7H2,1-5H3/t8?,13-,14?/m1/s1. The Balaban J connectivity index is 4.98. The second-order valence-electron chi connectivity index (χ2n) is 4.76. The summed E-state index contributed by atoms with van der Waals surface area (Å²) in [6.07, 6.45) is -1.66. The summed E-state index contributed by atoms with van der Waals surface area (Å²) < 4.78 is 19.9. The summed E-state index contributed by atoms with van der Waals surface area (Å²) in [5.41, 5.74) is 0. The Morgan fingerprint density at radius 3 is 1.23 bits per heavy atom. The lowest BCUT2D eigenvalue weighted by atomic mass is 9.98. The number of esters is 4. The molecule has 0 spiro atoms. The van der Waals surface area contributed by atoms with Crippen LogP contribution in [0.15, 0.2) is 0 Å². The van der Waals surface area contributed by atoms with Gasteiger partial charge in [-0.2, -0.15) is 0 Å². The fraction of sp³-hybridized carbons (Fsp3) is 0.714. The van der Waals surface area contributed by atoms with Crippen LogP contribution in [0, 0.1) is 5.92 Å². The van der Waals surface area contributed by atoms with E-state index >= 15 is 0 Å². The fourth-order valence-corrected chi connectivity index (χ4v) is 1.65. The molecule has 0 aliphatic heterocycles. The quantitative estimate of drug-likeness (QED) is 0.473. The van der Waals surface area contributed by atoms with Crippen LogP contribution in [-0.4, -0.2) is 49.3 Å². The predicted octanol–water partition coefficient (Wildman–Crippen LogP) is 0.612. The Labute approximate surface area is 129 Å². The molecule has 3 atom stereocenters. The van der Waals surface area contributed by atoms with Gasteiger partial charge in [0, 0.05) is 33.6 Å². The van der Waals surface area contributed by atoms with Gasteiger partial charge in [-0.25, -0.2) is 0 Å². The van der Waals surface area contributed by atoms with Crippen molar-refractivity contribution in [1.29, 1.82) is 0 Å². The molecule has 0 bridgehead atoms. The summed E-state index contributed by atoms with van der Waals surface area (Å²) >= 11 is 0. The average Bonchev–Trinajstić information content (AvgIpc) is 2.37. The molecule has 0 aromatic rings. The summed E-state index contributed by atoms with van der Waals surface area (Å²) in [4.78, 5) is 44.1. The van der Waals surface area contributed by atoms with Crippen molar-refractivity contribution in [2.45, 2.75) is 46.8 Å². The summed E-state index contributed by atoms with van der Waals surface area (Å²) in [5, 5.41) is 0. The minimum Gasteiger partial charge on any atom is -0.462 e. The van der Waals surface area contributed by atoms with Crippen LogP contribution in [0.1, 0.15) is 34.6 Å². The maximum Gasteiger partial charge on any atom is 0.303 e. The molecule has 0 aliphatic carbocycles. The van der Waals surface area contributed by atoms with Gasteiger partial charge < -0.3 is 18.9 Å². The largest absolute Gasteiger partial charge is 0.462 e. The van der Waals surface area contributed by atoms with E-state index in [9.17, 15) is 19.2 Å². The van der Waals surface area contributed by atoms with Crippen molar-refractivity contribution in [3.05, 3.63) is 0 Å². The Morgan fingerprint density at radius 1 is 0.682 bits per heavy atom. The van der Waals surface area contributed by atoms with E-state index in [1.165, 1.54) is 27.7 Å². The van der Waals surface area contributed by atoms with Gasteiger partial charge in [-0.3, -0.25) is 19.2 Å². The van der Waals surface area contributed by atoms with Crippen molar-refractivity contribution >= 4 is 23.9 Å². The van der Waals surface area contributed by atoms with Crippen molar-refractivity contribution in [3.8, 4) is 0 Å². The minimum atomic E-state index is -0.832. The molecular formula is C14H22O8. The van der Waals surface area contributed by atoms with Crippen LogP contribution in [0.3, 0.4) is 0 Å². The summed E-state index contributed by atoms with van der Waals surface area (Å²) in [6, 6.07) is 0. The van der Waals surface area contributed by atoms with Gasteiger partial charge in [-0.15, -0.1) is 0 Å². The zero-order valence-electron chi connectivity index (χ0n) is 13.4. The Morgan fingerprint density at radius 2 is 1.00 bits per heavy atom. The number of hydrogen-bond donors (Lipinski definition) is 0. The molecule has 2 unspecified atom stereocenters. The van der Waals surface area contributed by atoms with Crippen LogP contribution in [0.2, 0.25) is 0 Å². The molecule has 0 N–H and O–H groups in total. The van der Waals surface area contributed by atoms with Crippen LogP contribution in [0.5, 0.6) is 0 Å². The number of carbonyl (C=O) groups excluding carboxylic acids is 4. The maximum atomic E-state index is 11.2. The lowest BCUT2D eigenvalue weighted by molar-refractivity contribution is -0.172. The third-order valence-electron chi connectivity index (χ3n) is 2.71. The van der Waals surface area contributed by atoms with E-state index in [0.717, 1.165) is 0 Å². The summed E-state index contributed by atoms with van der Waals surface area (Å²) in [5.74, 6) is -2.76. The van der Waals surface area contributed by atoms with Crippen LogP contribution in [0.4, 0.5) is 0 Å². The molecule has 0 aliphatic rings. The van der Waals surface area contributed by atoms with Gasteiger partial charge in [0.25, 0.3) is 0 Å². The normalized spacial score (nSPS) is 14.2. The number of hydrogen-bond acceptors (Lipinski definition) is 8. The molecule has 22 heavy (non-hydrogen) atoms. The minimum absolute atomic E-state index is 0.187. The van der Waals surface area contributed by atoms with Crippen LogP contribution < -0.4 is 0 Å². The molecule has 8 heteroatoms. The first-order chi connectivity index (χ1) is 10.1. The van der Waals surface area contributed by atoms with Gasteiger partial charge in [0.1, 0.15) is 25.4 Å². The van der Waals surface area contributed by atoms with Gasteiger partial charge in [0.05, 0.1) is 0 Å². The zero-order valence-corrected chi connectivity index (χ0v) is 13.4. The highest BCUT2D eigenvalue weighted by molar-refractivity contribution is 5.68. The molecule has 0 heterocycles. The lowest BCUT2D eigenvalue weighted by Crippen LogP contribution is -2.41. The SMILES string of the molecule is CC(=O)OCC(OC(C)=O)C(C)[C@@H](COC(C)=O)OC(C)=O. The highest BCUT2D eigenvalue weighted by atomic mass is 16.6. The molecule has 0 amide bonds.